The molecule has 2 N–H and O–H groups in total. The third kappa shape index (κ3) is 2.24. The molecule has 0 atom stereocenters. The van der Waals surface area contributed by atoms with Gasteiger partial charge in [0.15, 0.2) is 0 Å². The van der Waals surface area contributed by atoms with Crippen LogP contribution in [0.2, 0.25) is 0 Å². The summed E-state index contributed by atoms with van der Waals surface area (Å²) in [7, 11) is 5.34. The minimum Gasteiger partial charge on any atom is -0.497 e. The quantitative estimate of drug-likeness (QED) is 0.627. The van der Waals surface area contributed by atoms with Gasteiger partial charge in [-0.15, -0.1) is 0 Å². The molecule has 2 nitrogen and oxygen atoms in total. The van der Waals surface area contributed by atoms with Gasteiger partial charge in [0.1, 0.15) is 5.75 Å². The van der Waals surface area contributed by atoms with Crippen molar-refractivity contribution in [2.45, 2.75) is 6.54 Å². The minimum absolute atomic E-state index is 0.900. The summed E-state index contributed by atoms with van der Waals surface area (Å²) >= 11 is 0. The van der Waals surface area contributed by atoms with Crippen molar-refractivity contribution in [2.75, 3.05) is 7.11 Å². The highest BCUT2D eigenvalue weighted by molar-refractivity contribution is 5.27. The van der Waals surface area contributed by atoms with Crippen molar-refractivity contribution in [2.24, 2.45) is 0 Å². The first kappa shape index (κ1) is 8.08. The zero-order chi connectivity index (χ0) is 8.10. The van der Waals surface area contributed by atoms with Gasteiger partial charge >= 0.3 is 0 Å². The Morgan fingerprint density at radius 1 is 1.55 bits per heavy atom. The van der Waals surface area contributed by atoms with Crippen molar-refractivity contribution in [3.8, 4) is 5.75 Å². The number of benzene rings is 1. The smallest absolute Gasteiger partial charge is 0.119 e. The number of nitrogens with two attached hydrogens (primary N) is 1. The van der Waals surface area contributed by atoms with Crippen LogP contribution in [0.4, 0.5) is 0 Å². The van der Waals surface area contributed by atoms with E-state index in [1.54, 1.807) is 7.11 Å². The molecular formula is C9H13NO. The van der Waals surface area contributed by atoms with Crippen LogP contribution >= 0.6 is 0 Å². The van der Waals surface area contributed by atoms with Crippen LogP contribution in [-0.2, 0) is 6.54 Å². The molecule has 2 heteroatoms. The van der Waals surface area contributed by atoms with Gasteiger partial charge in [-0.05, 0) is 12.1 Å². The maximum Gasteiger partial charge on any atom is 0.119 e. The molecule has 11 heavy (non-hydrogen) atoms. The van der Waals surface area contributed by atoms with Gasteiger partial charge in [0, 0.05) is 5.56 Å². The number of hydrogen-bond donors (Lipinski definition) is 1. The Kier molecular flexibility index (Phi) is 2.93. The van der Waals surface area contributed by atoms with Gasteiger partial charge in [-0.1, -0.05) is 12.1 Å². The highest BCUT2D eigenvalue weighted by Gasteiger charge is 1.93. The Hall–Kier alpha value is -1.02. The van der Waals surface area contributed by atoms with E-state index in [9.17, 15) is 0 Å². The highest BCUT2D eigenvalue weighted by atomic mass is 16.5. The fraction of sp³-hybridized carbons (Fsp3) is 0.222. The van der Waals surface area contributed by atoms with Crippen LogP contribution in [0.25, 0.3) is 0 Å². The molecule has 0 saturated heterocycles. The molecule has 1 aromatic rings. The van der Waals surface area contributed by atoms with E-state index < -0.39 is 0 Å². The molecule has 1 rings (SSSR count). The van der Waals surface area contributed by atoms with E-state index >= 15 is 0 Å². The summed E-state index contributed by atoms with van der Waals surface area (Å²) in [5.41, 5.74) is 1.24. The molecule has 0 heterocycles. The molecule has 0 aliphatic rings. The van der Waals surface area contributed by atoms with Gasteiger partial charge in [-0.25, -0.2) is 0 Å². The highest BCUT2D eigenvalue weighted by Crippen LogP contribution is 2.10. The minimum atomic E-state index is 0.900. The van der Waals surface area contributed by atoms with E-state index in [2.05, 4.69) is 13.1 Å². The van der Waals surface area contributed by atoms with E-state index in [0.717, 1.165) is 12.3 Å². The predicted octanol–water partition coefficient (Wildman–Crippen LogP) is 0.550. The van der Waals surface area contributed by atoms with Crippen LogP contribution in [0, 0.1) is 7.05 Å². The second-order valence-corrected chi connectivity index (χ2v) is 2.34. The zero-order valence-corrected chi connectivity index (χ0v) is 6.71. The fourth-order valence-electron chi connectivity index (χ4n) is 0.966. The summed E-state index contributed by atoms with van der Waals surface area (Å²) in [4.78, 5) is 0. The van der Waals surface area contributed by atoms with Gasteiger partial charge in [-0.2, -0.15) is 7.05 Å². The Labute approximate surface area is 67.2 Å². The zero-order valence-electron chi connectivity index (χ0n) is 6.71. The standard InChI is InChI=1S/C9H13NO/c1-10-7-8-4-3-5-9(6-8)11-2/h3-6H,1,7,10H2,2H3. The first-order valence-corrected chi connectivity index (χ1v) is 3.60. The summed E-state index contributed by atoms with van der Waals surface area (Å²) in [5, 5.41) is 1.88. The molecule has 0 saturated carbocycles. The Morgan fingerprint density at radius 2 is 2.36 bits per heavy atom. The van der Waals surface area contributed by atoms with Crippen molar-refractivity contribution in [3.05, 3.63) is 36.9 Å². The van der Waals surface area contributed by atoms with Crippen molar-refractivity contribution in [1.82, 2.24) is 0 Å². The molecule has 0 bridgehead atoms. The van der Waals surface area contributed by atoms with Crippen LogP contribution in [0.15, 0.2) is 24.3 Å². The number of rotatable bonds is 3. The molecule has 1 aromatic carbocycles. The molecule has 0 aliphatic heterocycles. The second kappa shape index (κ2) is 3.98. The van der Waals surface area contributed by atoms with Crippen molar-refractivity contribution >= 4 is 0 Å². The summed E-state index contributed by atoms with van der Waals surface area (Å²) in [6, 6.07) is 8.00. The van der Waals surface area contributed by atoms with Crippen LogP contribution in [0.5, 0.6) is 5.75 Å². The SMILES string of the molecule is [CH2-][NH2+]Cc1cccc(OC)c1. The maximum absolute atomic E-state index is 5.07. The van der Waals surface area contributed by atoms with Gasteiger partial charge in [-0.3, -0.25) is 0 Å². The third-order valence-corrected chi connectivity index (χ3v) is 1.51. The molecule has 60 valence electrons. The van der Waals surface area contributed by atoms with Crippen LogP contribution in [0.1, 0.15) is 5.56 Å². The average molecular weight is 151 g/mol. The Morgan fingerprint density at radius 3 is 3.00 bits per heavy atom. The van der Waals surface area contributed by atoms with E-state index in [1.165, 1.54) is 5.56 Å². The molecule has 0 fully saturated rings. The molecule has 0 aliphatic carbocycles. The Balaban J connectivity index is 2.74. The fourth-order valence-corrected chi connectivity index (χ4v) is 0.966. The normalized spacial score (nSPS) is 9.64. The number of methoxy groups -OCH3 is 1. The summed E-state index contributed by atoms with van der Waals surface area (Å²) in [6.07, 6.45) is 0. The summed E-state index contributed by atoms with van der Waals surface area (Å²) < 4.78 is 5.07. The molecule has 0 unspecified atom stereocenters. The average Bonchev–Trinajstić information content (AvgIpc) is 2.06. The first-order chi connectivity index (χ1) is 5.36. The molecule has 0 radical (unpaired) electrons. The van der Waals surface area contributed by atoms with E-state index in [0.29, 0.717) is 0 Å². The number of quaternary nitrogens is 1. The van der Waals surface area contributed by atoms with Crippen molar-refractivity contribution < 1.29 is 10.1 Å². The monoisotopic (exact) mass is 151 g/mol. The van der Waals surface area contributed by atoms with Gasteiger partial charge in [0.2, 0.25) is 0 Å². The lowest BCUT2D eigenvalue weighted by Gasteiger charge is -2.03. The lowest BCUT2D eigenvalue weighted by molar-refractivity contribution is -0.612. The topological polar surface area (TPSA) is 25.8 Å². The molecule has 0 spiro atoms. The summed E-state index contributed by atoms with van der Waals surface area (Å²) in [6.45, 7) is 0.900. The van der Waals surface area contributed by atoms with Crippen LogP contribution in [0.3, 0.4) is 0 Å². The third-order valence-electron chi connectivity index (χ3n) is 1.51. The van der Waals surface area contributed by atoms with E-state index in [1.807, 2.05) is 23.5 Å². The lowest BCUT2D eigenvalue weighted by Crippen LogP contribution is -2.74. The molecular weight excluding hydrogens is 138 g/mol. The maximum atomic E-state index is 5.07. The lowest BCUT2D eigenvalue weighted by atomic mass is 10.2. The van der Waals surface area contributed by atoms with E-state index in [-0.39, 0.29) is 0 Å². The van der Waals surface area contributed by atoms with Crippen molar-refractivity contribution in [1.29, 1.82) is 0 Å². The van der Waals surface area contributed by atoms with E-state index in [4.69, 9.17) is 4.74 Å². The summed E-state index contributed by atoms with van der Waals surface area (Å²) in [5.74, 6) is 0.907. The molecule has 0 amide bonds. The first-order valence-electron chi connectivity index (χ1n) is 3.60. The Bertz CT molecular complexity index is 223. The van der Waals surface area contributed by atoms with Crippen LogP contribution in [-0.4, -0.2) is 7.11 Å². The second-order valence-electron chi connectivity index (χ2n) is 2.34. The van der Waals surface area contributed by atoms with Crippen LogP contribution < -0.4 is 10.1 Å². The number of hydrogen-bond acceptors (Lipinski definition) is 1. The number of ether oxygens (including phenoxy) is 1. The van der Waals surface area contributed by atoms with Crippen molar-refractivity contribution in [3.63, 3.8) is 0 Å². The largest absolute Gasteiger partial charge is 0.497 e. The van der Waals surface area contributed by atoms with Gasteiger partial charge in [0.05, 0.1) is 13.7 Å². The van der Waals surface area contributed by atoms with Gasteiger partial charge < -0.3 is 10.1 Å². The predicted molar refractivity (Wildman–Crippen MR) is 44.0 cm³/mol. The van der Waals surface area contributed by atoms with Gasteiger partial charge in [0.25, 0.3) is 0 Å². The molecule has 0 aromatic heterocycles.